The predicted molar refractivity (Wildman–Crippen MR) is 33.3 cm³/mol. The van der Waals surface area contributed by atoms with Gasteiger partial charge >= 0.3 is 5.97 Å². The normalized spacial score (nSPS) is 12.2. The minimum absolute atomic E-state index is 0.282. The molecule has 10 heavy (non-hydrogen) atoms. The Morgan fingerprint density at radius 3 is 2.80 bits per heavy atom. The molecule has 0 aromatic rings. The lowest BCUT2D eigenvalue weighted by atomic mass is 10.3. The summed E-state index contributed by atoms with van der Waals surface area (Å²) in [6, 6.07) is 0. The van der Waals surface area contributed by atoms with E-state index >= 15 is 0 Å². The average molecular weight is 146 g/mol. The van der Waals surface area contributed by atoms with E-state index in [1.165, 1.54) is 0 Å². The maximum Gasteiger partial charge on any atom is 0.335 e. The number of aldehydes is 1. The Bertz CT molecular complexity index is 121. The number of ether oxygens (including phenoxy) is 1. The zero-order chi connectivity index (χ0) is 7.98. The number of carbonyl (C=O) groups is 2. The van der Waals surface area contributed by atoms with Crippen LogP contribution >= 0.6 is 0 Å². The van der Waals surface area contributed by atoms with Gasteiger partial charge in [-0.25, -0.2) is 4.79 Å². The van der Waals surface area contributed by atoms with Crippen LogP contribution in [0.25, 0.3) is 0 Å². The van der Waals surface area contributed by atoms with E-state index < -0.39 is 12.1 Å². The molecule has 0 aromatic heterocycles. The zero-order valence-corrected chi connectivity index (χ0v) is 5.74. The van der Waals surface area contributed by atoms with Crippen molar-refractivity contribution in [2.75, 3.05) is 6.61 Å². The topological polar surface area (TPSA) is 63.6 Å². The van der Waals surface area contributed by atoms with E-state index in [0.29, 0.717) is 12.7 Å². The molecule has 0 bridgehead atoms. The van der Waals surface area contributed by atoms with Gasteiger partial charge in [-0.05, 0) is 6.42 Å². The highest BCUT2D eigenvalue weighted by Gasteiger charge is 2.12. The van der Waals surface area contributed by atoms with Gasteiger partial charge in [0.15, 0.2) is 12.4 Å². The Hall–Kier alpha value is -0.900. The summed E-state index contributed by atoms with van der Waals surface area (Å²) in [5.74, 6) is -0.741. The van der Waals surface area contributed by atoms with Crippen LogP contribution in [0.2, 0.25) is 0 Å². The number of carbonyl (C=O) groups excluding carboxylic acids is 2. The highest BCUT2D eigenvalue weighted by Crippen LogP contribution is 1.92. The Labute approximate surface area is 58.8 Å². The number of esters is 1. The highest BCUT2D eigenvalue weighted by atomic mass is 16.5. The molecule has 0 amide bonds. The third kappa shape index (κ3) is 3.19. The first-order valence-electron chi connectivity index (χ1n) is 3.00. The molecule has 0 aromatic carbocycles. The molecular weight excluding hydrogens is 136 g/mol. The summed E-state index contributed by atoms with van der Waals surface area (Å²) in [6.07, 6.45) is -0.335. The number of hydrogen-bond donors (Lipinski definition) is 1. The first-order valence-corrected chi connectivity index (χ1v) is 3.00. The van der Waals surface area contributed by atoms with E-state index in [9.17, 15) is 9.59 Å². The fraction of sp³-hybridized carbons (Fsp3) is 0.667. The molecule has 0 rings (SSSR count). The van der Waals surface area contributed by atoms with Gasteiger partial charge in [-0.3, -0.25) is 4.79 Å². The summed E-state index contributed by atoms with van der Waals surface area (Å²) in [6.45, 7) is 1.36. The molecule has 0 heterocycles. The first kappa shape index (κ1) is 9.10. The van der Waals surface area contributed by atoms with Crippen LogP contribution in [-0.4, -0.2) is 30.1 Å². The summed E-state index contributed by atoms with van der Waals surface area (Å²) in [7, 11) is 0. The molecule has 0 saturated carbocycles. The SMILES string of the molecule is CCC(O)C(=O)OCC=O. The molecule has 0 radical (unpaired) electrons. The van der Waals surface area contributed by atoms with Crippen molar-refractivity contribution in [2.24, 2.45) is 0 Å². The lowest BCUT2D eigenvalue weighted by molar-refractivity contribution is -0.154. The number of aliphatic hydroxyl groups is 1. The van der Waals surface area contributed by atoms with Crippen LogP contribution in [-0.2, 0) is 14.3 Å². The van der Waals surface area contributed by atoms with E-state index in [1.54, 1.807) is 6.92 Å². The maximum atomic E-state index is 10.5. The lowest BCUT2D eigenvalue weighted by Gasteiger charge is -2.04. The van der Waals surface area contributed by atoms with Crippen molar-refractivity contribution in [3.63, 3.8) is 0 Å². The molecule has 1 unspecified atom stereocenters. The van der Waals surface area contributed by atoms with Gasteiger partial charge in [-0.2, -0.15) is 0 Å². The van der Waals surface area contributed by atoms with Gasteiger partial charge in [0.2, 0.25) is 0 Å². The lowest BCUT2D eigenvalue weighted by Crippen LogP contribution is -2.22. The third-order valence-electron chi connectivity index (χ3n) is 0.952. The molecule has 0 saturated heterocycles. The van der Waals surface area contributed by atoms with Gasteiger partial charge in [0, 0.05) is 0 Å². The molecule has 0 aliphatic rings. The smallest absolute Gasteiger partial charge is 0.335 e. The Balaban J connectivity index is 3.51. The van der Waals surface area contributed by atoms with Crippen molar-refractivity contribution in [1.29, 1.82) is 0 Å². The molecule has 58 valence electrons. The molecule has 1 atom stereocenters. The molecule has 4 heteroatoms. The van der Waals surface area contributed by atoms with Crippen molar-refractivity contribution >= 4 is 12.3 Å². The monoisotopic (exact) mass is 146 g/mol. The molecule has 0 fully saturated rings. The Morgan fingerprint density at radius 1 is 1.80 bits per heavy atom. The second-order valence-electron chi connectivity index (χ2n) is 1.72. The van der Waals surface area contributed by atoms with Crippen molar-refractivity contribution < 1.29 is 19.4 Å². The van der Waals surface area contributed by atoms with Crippen LogP contribution in [0.1, 0.15) is 13.3 Å². The summed E-state index contributed by atoms with van der Waals surface area (Å²) in [5, 5.41) is 8.76. The van der Waals surface area contributed by atoms with Crippen LogP contribution in [0.5, 0.6) is 0 Å². The van der Waals surface area contributed by atoms with Gasteiger partial charge in [-0.15, -0.1) is 0 Å². The number of aliphatic hydroxyl groups excluding tert-OH is 1. The largest absolute Gasteiger partial charge is 0.456 e. The van der Waals surface area contributed by atoms with Crippen molar-refractivity contribution in [3.8, 4) is 0 Å². The standard InChI is InChI=1S/C6H10O4/c1-2-5(8)6(9)10-4-3-7/h3,5,8H,2,4H2,1H3. The Kier molecular flexibility index (Phi) is 4.49. The van der Waals surface area contributed by atoms with Crippen LogP contribution in [0.3, 0.4) is 0 Å². The van der Waals surface area contributed by atoms with E-state index in [4.69, 9.17) is 5.11 Å². The summed E-state index contributed by atoms with van der Waals surface area (Å²) in [4.78, 5) is 20.2. The third-order valence-corrected chi connectivity index (χ3v) is 0.952. The molecule has 0 aliphatic carbocycles. The second-order valence-corrected chi connectivity index (χ2v) is 1.72. The zero-order valence-electron chi connectivity index (χ0n) is 5.74. The maximum absolute atomic E-state index is 10.5. The highest BCUT2D eigenvalue weighted by molar-refractivity contribution is 5.75. The fourth-order valence-corrected chi connectivity index (χ4v) is 0.379. The average Bonchev–Trinajstić information content (AvgIpc) is 1.98. The predicted octanol–water partition coefficient (Wildman–Crippen LogP) is -0.501. The second kappa shape index (κ2) is 4.93. The van der Waals surface area contributed by atoms with Crippen molar-refractivity contribution in [1.82, 2.24) is 0 Å². The van der Waals surface area contributed by atoms with Crippen LogP contribution < -0.4 is 0 Å². The first-order chi connectivity index (χ1) is 4.72. The van der Waals surface area contributed by atoms with E-state index in [-0.39, 0.29) is 6.61 Å². The summed E-state index contributed by atoms with van der Waals surface area (Å²) in [5.41, 5.74) is 0. The van der Waals surface area contributed by atoms with Crippen LogP contribution in [0.15, 0.2) is 0 Å². The summed E-state index contributed by atoms with van der Waals surface area (Å²) < 4.78 is 4.29. The van der Waals surface area contributed by atoms with E-state index in [0.717, 1.165) is 0 Å². The van der Waals surface area contributed by atoms with Gasteiger partial charge < -0.3 is 9.84 Å². The van der Waals surface area contributed by atoms with Crippen LogP contribution in [0.4, 0.5) is 0 Å². The van der Waals surface area contributed by atoms with Gasteiger partial charge in [-0.1, -0.05) is 6.92 Å². The summed E-state index contributed by atoms with van der Waals surface area (Å²) >= 11 is 0. The number of rotatable bonds is 4. The molecule has 1 N–H and O–H groups in total. The quantitative estimate of drug-likeness (QED) is 0.429. The van der Waals surface area contributed by atoms with Crippen molar-refractivity contribution in [2.45, 2.75) is 19.4 Å². The molecular formula is C6H10O4. The van der Waals surface area contributed by atoms with Gasteiger partial charge in [0.25, 0.3) is 0 Å². The van der Waals surface area contributed by atoms with E-state index in [2.05, 4.69) is 4.74 Å². The molecule has 0 spiro atoms. The van der Waals surface area contributed by atoms with Crippen molar-refractivity contribution in [3.05, 3.63) is 0 Å². The molecule has 0 aliphatic heterocycles. The minimum atomic E-state index is -1.10. The minimum Gasteiger partial charge on any atom is -0.456 e. The van der Waals surface area contributed by atoms with Gasteiger partial charge in [0.05, 0.1) is 0 Å². The van der Waals surface area contributed by atoms with E-state index in [1.807, 2.05) is 0 Å². The fourth-order valence-electron chi connectivity index (χ4n) is 0.379. The molecule has 4 nitrogen and oxygen atoms in total. The number of hydrogen-bond acceptors (Lipinski definition) is 4. The Morgan fingerprint density at radius 2 is 2.40 bits per heavy atom. The van der Waals surface area contributed by atoms with Crippen LogP contribution in [0, 0.1) is 0 Å². The van der Waals surface area contributed by atoms with Gasteiger partial charge in [0.1, 0.15) is 6.61 Å².